The average molecular weight is 302 g/mol. The summed E-state index contributed by atoms with van der Waals surface area (Å²) in [5, 5.41) is 0. The van der Waals surface area contributed by atoms with Crippen molar-refractivity contribution >= 4 is 11.3 Å². The van der Waals surface area contributed by atoms with E-state index in [2.05, 4.69) is 47.1 Å². The Bertz CT molecular complexity index is 549. The van der Waals surface area contributed by atoms with Crippen molar-refractivity contribution in [3.8, 4) is 0 Å². The molecule has 4 heteroatoms. The van der Waals surface area contributed by atoms with Crippen LogP contribution in [0.15, 0.2) is 35.8 Å². The predicted octanol–water partition coefficient (Wildman–Crippen LogP) is 3.49. The SMILES string of the molecule is Cc1ncsc1CN(Cc1ccccc1)CC1CCOC1. The lowest BCUT2D eigenvalue weighted by atomic mass is 10.1. The van der Waals surface area contributed by atoms with Gasteiger partial charge in [0.25, 0.3) is 0 Å². The van der Waals surface area contributed by atoms with Gasteiger partial charge < -0.3 is 4.74 Å². The van der Waals surface area contributed by atoms with Gasteiger partial charge in [0.05, 0.1) is 17.8 Å². The van der Waals surface area contributed by atoms with E-state index in [1.54, 1.807) is 11.3 Å². The molecule has 1 unspecified atom stereocenters. The van der Waals surface area contributed by atoms with Crippen molar-refractivity contribution < 1.29 is 4.74 Å². The molecular weight excluding hydrogens is 280 g/mol. The third-order valence-electron chi connectivity index (χ3n) is 4.00. The number of hydrogen-bond acceptors (Lipinski definition) is 4. The molecule has 1 aliphatic heterocycles. The van der Waals surface area contributed by atoms with E-state index in [0.29, 0.717) is 5.92 Å². The molecule has 3 nitrogen and oxygen atoms in total. The van der Waals surface area contributed by atoms with E-state index in [9.17, 15) is 0 Å². The molecule has 0 bridgehead atoms. The summed E-state index contributed by atoms with van der Waals surface area (Å²) < 4.78 is 5.53. The zero-order chi connectivity index (χ0) is 14.5. The molecule has 0 N–H and O–H groups in total. The predicted molar refractivity (Wildman–Crippen MR) is 86.3 cm³/mol. The van der Waals surface area contributed by atoms with Crippen LogP contribution < -0.4 is 0 Å². The maximum atomic E-state index is 5.53. The summed E-state index contributed by atoms with van der Waals surface area (Å²) >= 11 is 1.76. The zero-order valence-corrected chi connectivity index (χ0v) is 13.3. The van der Waals surface area contributed by atoms with Crippen molar-refractivity contribution in [3.63, 3.8) is 0 Å². The van der Waals surface area contributed by atoms with E-state index in [4.69, 9.17) is 4.74 Å². The molecule has 0 amide bonds. The lowest BCUT2D eigenvalue weighted by Gasteiger charge is -2.24. The van der Waals surface area contributed by atoms with Crippen molar-refractivity contribution in [2.75, 3.05) is 19.8 Å². The molecule has 1 aliphatic rings. The fraction of sp³-hybridized carbons (Fsp3) is 0.471. The highest BCUT2D eigenvalue weighted by Crippen LogP contribution is 2.20. The van der Waals surface area contributed by atoms with Gasteiger partial charge in [-0.2, -0.15) is 0 Å². The lowest BCUT2D eigenvalue weighted by Crippen LogP contribution is -2.29. The average Bonchev–Trinajstić information content (AvgIpc) is 3.13. The van der Waals surface area contributed by atoms with Gasteiger partial charge in [-0.1, -0.05) is 30.3 Å². The summed E-state index contributed by atoms with van der Waals surface area (Å²) in [7, 11) is 0. The smallest absolute Gasteiger partial charge is 0.0798 e. The molecule has 21 heavy (non-hydrogen) atoms. The van der Waals surface area contributed by atoms with Crippen molar-refractivity contribution in [1.29, 1.82) is 0 Å². The number of thiazole rings is 1. The first-order valence-electron chi connectivity index (χ1n) is 7.54. The van der Waals surface area contributed by atoms with Gasteiger partial charge in [0, 0.05) is 31.1 Å². The number of hydrogen-bond donors (Lipinski definition) is 0. The molecule has 1 atom stereocenters. The number of rotatable bonds is 6. The van der Waals surface area contributed by atoms with Crippen LogP contribution in [0.4, 0.5) is 0 Å². The van der Waals surface area contributed by atoms with Gasteiger partial charge in [-0.25, -0.2) is 4.98 Å². The Labute approximate surface area is 130 Å². The minimum Gasteiger partial charge on any atom is -0.381 e. The molecule has 0 saturated carbocycles. The van der Waals surface area contributed by atoms with Crippen LogP contribution in [0.3, 0.4) is 0 Å². The van der Waals surface area contributed by atoms with E-state index >= 15 is 0 Å². The van der Waals surface area contributed by atoms with Gasteiger partial charge in [0.2, 0.25) is 0 Å². The van der Waals surface area contributed by atoms with E-state index in [0.717, 1.165) is 32.8 Å². The van der Waals surface area contributed by atoms with Crippen LogP contribution in [0.5, 0.6) is 0 Å². The fourth-order valence-electron chi connectivity index (χ4n) is 2.80. The lowest BCUT2D eigenvalue weighted by molar-refractivity contribution is 0.162. The summed E-state index contributed by atoms with van der Waals surface area (Å²) in [5.41, 5.74) is 4.49. The molecule has 0 radical (unpaired) electrons. The summed E-state index contributed by atoms with van der Waals surface area (Å²) in [4.78, 5) is 8.29. The minimum absolute atomic E-state index is 0.668. The Morgan fingerprint density at radius 3 is 2.81 bits per heavy atom. The van der Waals surface area contributed by atoms with Crippen LogP contribution in [0, 0.1) is 12.8 Å². The van der Waals surface area contributed by atoms with Crippen LogP contribution in [-0.2, 0) is 17.8 Å². The topological polar surface area (TPSA) is 25.4 Å². The highest BCUT2D eigenvalue weighted by atomic mass is 32.1. The Balaban J connectivity index is 1.69. The third kappa shape index (κ3) is 4.13. The number of ether oxygens (including phenoxy) is 1. The number of aromatic nitrogens is 1. The molecule has 1 aromatic carbocycles. The first-order valence-corrected chi connectivity index (χ1v) is 8.42. The summed E-state index contributed by atoms with van der Waals surface area (Å²) in [6.07, 6.45) is 1.19. The second-order valence-electron chi connectivity index (χ2n) is 5.75. The van der Waals surface area contributed by atoms with Crippen molar-refractivity contribution in [2.45, 2.75) is 26.4 Å². The fourth-order valence-corrected chi connectivity index (χ4v) is 3.62. The highest BCUT2D eigenvalue weighted by Gasteiger charge is 2.20. The van der Waals surface area contributed by atoms with Crippen molar-refractivity contribution in [3.05, 3.63) is 52.0 Å². The molecule has 1 fully saturated rings. The second kappa shape index (κ2) is 7.16. The Morgan fingerprint density at radius 2 is 2.14 bits per heavy atom. The molecule has 0 aliphatic carbocycles. The van der Waals surface area contributed by atoms with Gasteiger partial charge in [0.15, 0.2) is 0 Å². The molecule has 3 rings (SSSR count). The Kier molecular flexibility index (Phi) is 5.01. The molecule has 112 valence electrons. The Hall–Kier alpha value is -1.23. The summed E-state index contributed by atoms with van der Waals surface area (Å²) in [6.45, 7) is 7.02. The Morgan fingerprint density at radius 1 is 1.29 bits per heavy atom. The van der Waals surface area contributed by atoms with Crippen LogP contribution >= 0.6 is 11.3 Å². The van der Waals surface area contributed by atoms with Crippen LogP contribution in [0.1, 0.15) is 22.6 Å². The summed E-state index contributed by atoms with van der Waals surface area (Å²) in [5.74, 6) is 0.668. The standard InChI is InChI=1S/C17H22N2OS/c1-14-17(21-13-18-14)11-19(10-16-7-8-20-12-16)9-15-5-3-2-4-6-15/h2-6,13,16H,7-12H2,1H3. The van der Waals surface area contributed by atoms with E-state index in [1.165, 1.54) is 22.6 Å². The molecule has 0 spiro atoms. The number of benzene rings is 1. The normalized spacial score (nSPS) is 18.5. The monoisotopic (exact) mass is 302 g/mol. The van der Waals surface area contributed by atoms with Gasteiger partial charge in [-0.05, 0) is 24.8 Å². The van der Waals surface area contributed by atoms with Crippen LogP contribution in [-0.4, -0.2) is 29.6 Å². The van der Waals surface area contributed by atoms with Gasteiger partial charge in [-0.15, -0.1) is 11.3 Å². The molecular formula is C17H22N2OS. The maximum Gasteiger partial charge on any atom is 0.0798 e. The van der Waals surface area contributed by atoms with Gasteiger partial charge in [0.1, 0.15) is 0 Å². The number of aryl methyl sites for hydroxylation is 1. The van der Waals surface area contributed by atoms with Crippen molar-refractivity contribution in [2.24, 2.45) is 5.92 Å². The highest BCUT2D eigenvalue weighted by molar-refractivity contribution is 7.09. The zero-order valence-electron chi connectivity index (χ0n) is 12.5. The van der Waals surface area contributed by atoms with Gasteiger partial charge >= 0.3 is 0 Å². The largest absolute Gasteiger partial charge is 0.381 e. The third-order valence-corrected chi connectivity index (χ3v) is 4.92. The summed E-state index contributed by atoms with van der Waals surface area (Å²) in [6, 6.07) is 10.7. The molecule has 1 saturated heterocycles. The number of nitrogens with zero attached hydrogens (tertiary/aromatic N) is 2. The first kappa shape index (κ1) is 14.7. The quantitative estimate of drug-likeness (QED) is 0.817. The van der Waals surface area contributed by atoms with Gasteiger partial charge in [-0.3, -0.25) is 4.90 Å². The molecule has 2 aromatic rings. The molecule has 1 aromatic heterocycles. The van der Waals surface area contributed by atoms with Crippen LogP contribution in [0.25, 0.3) is 0 Å². The van der Waals surface area contributed by atoms with E-state index in [1.807, 2.05) is 5.51 Å². The van der Waals surface area contributed by atoms with E-state index < -0.39 is 0 Å². The molecule has 2 heterocycles. The van der Waals surface area contributed by atoms with Crippen molar-refractivity contribution in [1.82, 2.24) is 9.88 Å². The van der Waals surface area contributed by atoms with E-state index in [-0.39, 0.29) is 0 Å². The maximum absolute atomic E-state index is 5.53. The first-order chi connectivity index (χ1) is 10.3. The minimum atomic E-state index is 0.668. The second-order valence-corrected chi connectivity index (χ2v) is 6.69. The van der Waals surface area contributed by atoms with Crippen LogP contribution in [0.2, 0.25) is 0 Å².